The highest BCUT2D eigenvalue weighted by Gasteiger charge is 2.29. The molecule has 0 rings (SSSR count). The molecule has 0 radical (unpaired) electrons. The highest BCUT2D eigenvalue weighted by molar-refractivity contribution is 7.47. The Balaban J connectivity index is 4.63. The second-order valence-electron chi connectivity index (χ2n) is 25.4. The van der Waals surface area contributed by atoms with E-state index < -0.39 is 91.5 Å². The van der Waals surface area contributed by atoms with Gasteiger partial charge in [-0.3, -0.25) is 32.5 Å². The van der Waals surface area contributed by atoms with E-state index in [9.17, 15) is 43.5 Å². The summed E-state index contributed by atoms with van der Waals surface area (Å²) in [7, 11) is -9.80. The minimum absolute atomic E-state index is 0.0789. The summed E-state index contributed by atoms with van der Waals surface area (Å²) in [4.78, 5) is 58.6. The normalized spacial score (nSPS) is 14.8. The Labute approximate surface area is 601 Å². The van der Waals surface area contributed by atoms with E-state index in [4.69, 9.17) is 32.3 Å². The average molecular weight is 1430 g/mol. The summed E-state index contributed by atoms with van der Waals surface area (Å²) in [5, 5.41) is 20.6. The number of ether oxygens (including phenoxy) is 3. The number of aliphatic hydroxyl groups excluding tert-OH is 2. The summed E-state index contributed by atoms with van der Waals surface area (Å²) in [6.07, 6.45) is 87.7. The molecule has 5 atom stereocenters. The maximum absolute atomic E-state index is 13.0. The van der Waals surface area contributed by atoms with Crippen molar-refractivity contribution in [3.8, 4) is 0 Å². The maximum Gasteiger partial charge on any atom is 0.472 e. The first kappa shape index (κ1) is 94.7. The molecule has 0 aromatic carbocycles. The third kappa shape index (κ3) is 74.7. The summed E-state index contributed by atoms with van der Waals surface area (Å²) < 4.78 is 61.1. The molecule has 4 N–H and O–H groups in total. The van der Waals surface area contributed by atoms with Crippen molar-refractivity contribution >= 4 is 33.6 Å². The van der Waals surface area contributed by atoms with Gasteiger partial charge in [0.1, 0.15) is 25.4 Å². The zero-order chi connectivity index (χ0) is 72.3. The van der Waals surface area contributed by atoms with E-state index in [0.29, 0.717) is 19.3 Å². The van der Waals surface area contributed by atoms with Gasteiger partial charge in [0.25, 0.3) is 0 Å². The minimum atomic E-state index is -4.94. The molecule has 0 aliphatic carbocycles. The van der Waals surface area contributed by atoms with Crippen LogP contribution in [0.25, 0.3) is 0 Å². The average Bonchev–Trinajstić information content (AvgIpc) is 1.95. The van der Waals surface area contributed by atoms with Crippen molar-refractivity contribution in [1.82, 2.24) is 0 Å². The quantitative estimate of drug-likeness (QED) is 0.0146. The smallest absolute Gasteiger partial charge is 0.463 e. The van der Waals surface area contributed by atoms with Gasteiger partial charge in [-0.25, -0.2) is 9.13 Å². The van der Waals surface area contributed by atoms with E-state index in [2.05, 4.69) is 154 Å². The highest BCUT2D eigenvalue weighted by atomic mass is 31.2. The van der Waals surface area contributed by atoms with Gasteiger partial charge in [-0.15, -0.1) is 0 Å². The van der Waals surface area contributed by atoms with Gasteiger partial charge in [-0.05, 0) is 141 Å². The van der Waals surface area contributed by atoms with Crippen molar-refractivity contribution in [2.24, 2.45) is 0 Å². The van der Waals surface area contributed by atoms with E-state index in [1.807, 2.05) is 0 Å². The van der Waals surface area contributed by atoms with Gasteiger partial charge in [-0.2, -0.15) is 0 Å². The lowest BCUT2D eigenvalue weighted by Crippen LogP contribution is -2.30. The van der Waals surface area contributed by atoms with Crippen LogP contribution in [0.2, 0.25) is 0 Å². The second kappa shape index (κ2) is 73.4. The Morgan fingerprint density at radius 3 is 0.848 bits per heavy atom. The first-order valence-corrected chi connectivity index (χ1v) is 41.5. The van der Waals surface area contributed by atoms with E-state index in [-0.39, 0.29) is 19.3 Å². The van der Waals surface area contributed by atoms with E-state index >= 15 is 0 Å². The lowest BCUT2D eigenvalue weighted by Gasteiger charge is -2.21. The fourth-order valence-electron chi connectivity index (χ4n) is 9.96. The standard InChI is InChI=1S/C81H138O16P2/c1-4-7-10-13-16-19-22-25-28-30-32-34-36-37-39-41-42-44-47-49-52-55-58-61-64-67-79(84)91-70-76(82)71-93-98(87,88)94-72-77(83)73-95-99(89,90)96-75-78(97-81(86)69-66-63-60-57-54-51-46-27-24-21-18-15-12-9-6-3)74-92-80(85)68-65-62-59-56-53-50-48-45-43-40-38-35-33-31-29-26-23-20-17-14-11-8-5-2/h9,12,16-21,25-29,32-35,37,39-40,43,46,76-78,82-83H,4-8,10-11,13-15,22-24,30-31,36,38,41-42,44-45,47-75H2,1-3H3,(H,87,88)(H,89,90)/b12-9-,19-16-,20-17-,21-18-,28-25-,29-26-,34-32-,35-33-,39-37-,43-40-,46-27-. The Bertz CT molecular complexity index is 2330. The molecule has 568 valence electrons. The summed E-state index contributed by atoms with van der Waals surface area (Å²) in [6.45, 7) is 2.47. The molecule has 0 amide bonds. The molecule has 0 aliphatic heterocycles. The molecule has 0 spiro atoms. The predicted octanol–water partition coefficient (Wildman–Crippen LogP) is 22.3. The number of unbranched alkanes of at least 4 members (excludes halogenated alkanes) is 27. The number of hydrogen-bond acceptors (Lipinski definition) is 14. The molecule has 16 nitrogen and oxygen atoms in total. The van der Waals surface area contributed by atoms with Crippen LogP contribution >= 0.6 is 15.6 Å². The number of hydrogen-bond donors (Lipinski definition) is 4. The zero-order valence-electron chi connectivity index (χ0n) is 61.9. The van der Waals surface area contributed by atoms with Gasteiger partial charge in [-0.1, -0.05) is 276 Å². The van der Waals surface area contributed by atoms with Crippen molar-refractivity contribution in [3.05, 3.63) is 134 Å². The minimum Gasteiger partial charge on any atom is -0.463 e. The molecule has 0 fully saturated rings. The van der Waals surface area contributed by atoms with Gasteiger partial charge < -0.3 is 34.2 Å². The third-order valence-corrected chi connectivity index (χ3v) is 17.7. The third-order valence-electron chi connectivity index (χ3n) is 15.8. The van der Waals surface area contributed by atoms with Crippen LogP contribution in [0.4, 0.5) is 0 Å². The summed E-state index contributed by atoms with van der Waals surface area (Å²) in [5.74, 6) is -1.61. The number of phosphoric ester groups is 2. The van der Waals surface area contributed by atoms with E-state index in [1.165, 1.54) is 77.0 Å². The molecule has 0 aromatic rings. The number of allylic oxidation sites excluding steroid dienone is 22. The van der Waals surface area contributed by atoms with Gasteiger partial charge in [0, 0.05) is 19.3 Å². The molecule has 0 saturated heterocycles. The van der Waals surface area contributed by atoms with Crippen LogP contribution in [0.15, 0.2) is 134 Å². The van der Waals surface area contributed by atoms with E-state index in [1.54, 1.807) is 0 Å². The molecule has 18 heteroatoms. The number of rotatable bonds is 72. The predicted molar refractivity (Wildman–Crippen MR) is 408 cm³/mol. The summed E-state index contributed by atoms with van der Waals surface area (Å²) in [6, 6.07) is 0. The van der Waals surface area contributed by atoms with Crippen LogP contribution in [0.1, 0.15) is 303 Å². The first-order valence-electron chi connectivity index (χ1n) is 38.5. The molecular weight excluding hydrogens is 1290 g/mol. The molecular formula is C81H138O16P2. The highest BCUT2D eigenvalue weighted by Crippen LogP contribution is 2.45. The first-order chi connectivity index (χ1) is 48.2. The fraction of sp³-hybridized carbons (Fsp3) is 0.691. The van der Waals surface area contributed by atoms with Crippen LogP contribution < -0.4 is 0 Å². The monoisotopic (exact) mass is 1430 g/mol. The molecule has 0 aliphatic rings. The summed E-state index contributed by atoms with van der Waals surface area (Å²) in [5.41, 5.74) is 0. The Morgan fingerprint density at radius 1 is 0.293 bits per heavy atom. The number of phosphoric acid groups is 2. The molecule has 0 heterocycles. The van der Waals surface area contributed by atoms with Crippen LogP contribution in [-0.4, -0.2) is 95.9 Å². The van der Waals surface area contributed by atoms with Crippen LogP contribution in [0.5, 0.6) is 0 Å². The SMILES string of the molecule is CC/C=C\C/C=C\C/C=C\CCCCCCCC(=O)OC(COC(=O)CCCCCCCCC/C=C\C/C=C\C/C=C\C/C=C\CCCCC)COP(=O)(O)OCC(O)COP(=O)(O)OCC(O)COC(=O)CCCCCCCCCCC/C=C\C/C=C\C/C=C\C/C=C\CCCCC. The number of esters is 3. The largest absolute Gasteiger partial charge is 0.472 e. The molecule has 99 heavy (non-hydrogen) atoms. The van der Waals surface area contributed by atoms with Crippen LogP contribution in [0.3, 0.4) is 0 Å². The van der Waals surface area contributed by atoms with Crippen molar-refractivity contribution < 1.29 is 75.8 Å². The Hall–Kier alpha value is -4.31. The van der Waals surface area contributed by atoms with Crippen molar-refractivity contribution in [3.63, 3.8) is 0 Å². The maximum atomic E-state index is 13.0. The van der Waals surface area contributed by atoms with Gasteiger partial charge in [0.15, 0.2) is 6.10 Å². The molecule has 5 unspecified atom stereocenters. The zero-order valence-corrected chi connectivity index (χ0v) is 63.7. The van der Waals surface area contributed by atoms with Crippen LogP contribution in [0, 0.1) is 0 Å². The number of carbonyl (C=O) groups excluding carboxylic acids is 3. The lowest BCUT2D eigenvalue weighted by molar-refractivity contribution is -0.161. The lowest BCUT2D eigenvalue weighted by atomic mass is 10.1. The van der Waals surface area contributed by atoms with Gasteiger partial charge in [0.2, 0.25) is 0 Å². The number of carbonyl (C=O) groups is 3. The number of aliphatic hydroxyl groups is 2. The topological polar surface area (TPSA) is 231 Å². The van der Waals surface area contributed by atoms with Crippen LogP contribution in [-0.2, 0) is 55.8 Å². The van der Waals surface area contributed by atoms with E-state index in [0.717, 1.165) is 167 Å². The van der Waals surface area contributed by atoms with Gasteiger partial charge in [0.05, 0.1) is 26.4 Å². The summed E-state index contributed by atoms with van der Waals surface area (Å²) >= 11 is 0. The Kier molecular flexibility index (Phi) is 70.2. The Morgan fingerprint density at radius 2 is 0.535 bits per heavy atom. The van der Waals surface area contributed by atoms with Crippen molar-refractivity contribution in [2.45, 2.75) is 322 Å². The van der Waals surface area contributed by atoms with Crippen molar-refractivity contribution in [2.75, 3.05) is 39.6 Å². The second-order valence-corrected chi connectivity index (χ2v) is 28.3. The van der Waals surface area contributed by atoms with Gasteiger partial charge >= 0.3 is 33.6 Å². The molecule has 0 aromatic heterocycles. The molecule has 0 bridgehead atoms. The van der Waals surface area contributed by atoms with Crippen molar-refractivity contribution in [1.29, 1.82) is 0 Å². The fourth-order valence-corrected chi connectivity index (χ4v) is 11.5. The molecule has 0 saturated carbocycles.